The molecule has 0 saturated carbocycles. The van der Waals surface area contributed by atoms with Crippen molar-refractivity contribution in [3.8, 4) is 0 Å². The van der Waals surface area contributed by atoms with E-state index in [-0.39, 0.29) is 18.0 Å². The Morgan fingerprint density at radius 3 is 2.84 bits per heavy atom. The maximum atomic E-state index is 12.1. The summed E-state index contributed by atoms with van der Waals surface area (Å²) in [5.74, 6) is -0.246. The number of nitrogens with zero attached hydrogens (tertiary/aromatic N) is 2. The summed E-state index contributed by atoms with van der Waals surface area (Å²) in [5, 5.41) is 10.1. The van der Waals surface area contributed by atoms with E-state index in [0.717, 1.165) is 9.37 Å². The lowest BCUT2D eigenvalue weighted by Crippen LogP contribution is -2.26. The summed E-state index contributed by atoms with van der Waals surface area (Å²) in [5.41, 5.74) is 7.40. The van der Waals surface area contributed by atoms with Gasteiger partial charge in [-0.2, -0.15) is 0 Å². The summed E-state index contributed by atoms with van der Waals surface area (Å²) in [6.07, 6.45) is 2.78. The van der Waals surface area contributed by atoms with Crippen LogP contribution >= 0.6 is 27.9 Å². The van der Waals surface area contributed by atoms with Crippen LogP contribution in [0.1, 0.15) is 5.56 Å². The molecule has 0 saturated heterocycles. The molecule has 4 N–H and O–H groups in total. The number of halogens is 1. The van der Waals surface area contributed by atoms with Crippen LogP contribution in [0.15, 0.2) is 44.6 Å². The van der Waals surface area contributed by atoms with Crippen LogP contribution in [0.4, 0.5) is 11.4 Å². The maximum Gasteiger partial charge on any atom is 0.252 e. The monoisotopic (exact) mass is 423 g/mol. The Hall–Kier alpha value is -2.10. The first-order valence-corrected chi connectivity index (χ1v) is 8.82. The van der Waals surface area contributed by atoms with Crippen LogP contribution < -0.4 is 16.6 Å². The van der Waals surface area contributed by atoms with Gasteiger partial charge in [-0.3, -0.25) is 9.59 Å². The van der Waals surface area contributed by atoms with Crippen LogP contribution in [0.5, 0.6) is 0 Å². The van der Waals surface area contributed by atoms with E-state index < -0.39 is 0 Å². The third kappa shape index (κ3) is 5.18. The smallest absolute Gasteiger partial charge is 0.252 e. The molecular formula is C16H18BrN5O2S. The van der Waals surface area contributed by atoms with Crippen molar-refractivity contribution in [2.75, 3.05) is 24.6 Å². The number of likely N-dealkylation sites (N-methyl/N-ethyl adjacent to an activating group) is 1. The fourth-order valence-electron chi connectivity index (χ4n) is 2.04. The van der Waals surface area contributed by atoms with E-state index in [9.17, 15) is 9.59 Å². The first-order valence-electron chi connectivity index (χ1n) is 7.25. The van der Waals surface area contributed by atoms with Crippen molar-refractivity contribution in [1.29, 1.82) is 5.41 Å². The Balaban J connectivity index is 2.02. The summed E-state index contributed by atoms with van der Waals surface area (Å²) < 4.78 is 3.96. The predicted octanol–water partition coefficient (Wildman–Crippen LogP) is 2.31. The molecule has 7 nitrogen and oxygen atoms in total. The molecule has 0 spiro atoms. The number of nitrogen functional groups attached to an aromatic ring is 1. The summed E-state index contributed by atoms with van der Waals surface area (Å²) >= 11 is 4.69. The van der Waals surface area contributed by atoms with E-state index in [4.69, 9.17) is 11.1 Å². The van der Waals surface area contributed by atoms with Crippen molar-refractivity contribution in [2.45, 2.75) is 4.90 Å². The molecule has 1 aromatic carbocycles. The minimum atomic E-state index is -0.246. The third-order valence-electron chi connectivity index (χ3n) is 3.30. The Bertz CT molecular complexity index is 868. The number of hydrogen-bond acceptors (Lipinski definition) is 6. The first kappa shape index (κ1) is 19.2. The van der Waals surface area contributed by atoms with Crippen LogP contribution in [-0.2, 0) is 11.8 Å². The molecule has 1 heterocycles. The highest BCUT2D eigenvalue weighted by Gasteiger charge is 2.13. The van der Waals surface area contributed by atoms with Crippen molar-refractivity contribution in [1.82, 2.24) is 8.87 Å². The first-order chi connectivity index (χ1) is 11.8. The molecule has 0 aliphatic rings. The van der Waals surface area contributed by atoms with Crippen molar-refractivity contribution in [3.05, 3.63) is 50.9 Å². The molecule has 25 heavy (non-hydrogen) atoms. The summed E-state index contributed by atoms with van der Waals surface area (Å²) in [6.45, 7) is 0.103. The number of amides is 1. The second-order valence-corrected chi connectivity index (χ2v) is 7.50. The molecule has 0 aliphatic heterocycles. The Morgan fingerprint density at radius 1 is 1.48 bits per heavy atom. The fraction of sp³-hybridized carbons (Fsp3) is 0.188. The van der Waals surface area contributed by atoms with Gasteiger partial charge in [0.2, 0.25) is 5.91 Å². The highest BCUT2D eigenvalue weighted by molar-refractivity contribution is 9.10. The number of carbonyl (C=O) groups is 1. The fourth-order valence-corrected chi connectivity index (χ4v) is 3.58. The molecule has 0 atom stereocenters. The van der Waals surface area contributed by atoms with Crippen LogP contribution in [-0.4, -0.2) is 34.6 Å². The van der Waals surface area contributed by atoms with Crippen LogP contribution in [0.25, 0.3) is 0 Å². The topological polar surface area (TPSA) is 104 Å². The number of anilines is 2. The van der Waals surface area contributed by atoms with E-state index in [1.807, 2.05) is 6.07 Å². The zero-order valence-electron chi connectivity index (χ0n) is 13.7. The number of benzene rings is 1. The van der Waals surface area contributed by atoms with Crippen LogP contribution in [0.3, 0.4) is 0 Å². The average molecular weight is 424 g/mol. The van der Waals surface area contributed by atoms with Crippen molar-refractivity contribution >= 4 is 51.4 Å². The highest BCUT2D eigenvalue weighted by Crippen LogP contribution is 2.32. The van der Waals surface area contributed by atoms with Gasteiger partial charge in [-0.15, -0.1) is 0 Å². The highest BCUT2D eigenvalue weighted by atomic mass is 79.9. The average Bonchev–Trinajstić information content (AvgIpc) is 2.53. The molecule has 0 unspecified atom stereocenters. The van der Waals surface area contributed by atoms with Gasteiger partial charge < -0.3 is 21.0 Å². The van der Waals surface area contributed by atoms with Gasteiger partial charge in [0, 0.05) is 46.1 Å². The predicted molar refractivity (Wildman–Crippen MR) is 105 cm³/mol. The van der Waals surface area contributed by atoms with E-state index in [1.54, 1.807) is 36.7 Å². The summed E-state index contributed by atoms with van der Waals surface area (Å²) in [7, 11) is 3.40. The van der Waals surface area contributed by atoms with Crippen molar-refractivity contribution in [2.24, 2.45) is 7.05 Å². The van der Waals surface area contributed by atoms with E-state index in [2.05, 4.69) is 21.2 Å². The molecule has 0 bridgehead atoms. The van der Waals surface area contributed by atoms with E-state index in [1.165, 1.54) is 28.8 Å². The molecule has 1 amide bonds. The van der Waals surface area contributed by atoms with Gasteiger partial charge in [-0.1, -0.05) is 15.9 Å². The van der Waals surface area contributed by atoms with Gasteiger partial charge in [0.05, 0.1) is 12.2 Å². The van der Waals surface area contributed by atoms with Gasteiger partial charge in [0.25, 0.3) is 5.56 Å². The number of rotatable bonds is 6. The number of pyridine rings is 1. The molecule has 132 valence electrons. The molecule has 0 aliphatic carbocycles. The van der Waals surface area contributed by atoms with Crippen molar-refractivity contribution < 1.29 is 4.79 Å². The summed E-state index contributed by atoms with van der Waals surface area (Å²) in [4.78, 5) is 24.5. The molecule has 0 fully saturated rings. The largest absolute Gasteiger partial charge is 0.397 e. The SMILES string of the molecule is CN(CC(=O)Nc1ccn(C)c(=O)c1)Sc1cc(Br)cc(C=N)c1N. The van der Waals surface area contributed by atoms with E-state index in [0.29, 0.717) is 16.9 Å². The zero-order chi connectivity index (χ0) is 18.6. The molecular weight excluding hydrogens is 406 g/mol. The van der Waals surface area contributed by atoms with Gasteiger partial charge in [0.15, 0.2) is 0 Å². The number of aryl methyl sites for hydroxylation is 1. The lowest BCUT2D eigenvalue weighted by molar-refractivity contribution is -0.116. The van der Waals surface area contributed by atoms with Gasteiger partial charge in [0.1, 0.15) is 0 Å². The lowest BCUT2D eigenvalue weighted by atomic mass is 10.2. The number of hydrogen-bond donors (Lipinski definition) is 3. The zero-order valence-corrected chi connectivity index (χ0v) is 16.1. The summed E-state index contributed by atoms with van der Waals surface area (Å²) in [6, 6.07) is 6.63. The number of carbonyl (C=O) groups excluding carboxylic acids is 1. The Labute approximate surface area is 158 Å². The van der Waals surface area contributed by atoms with Gasteiger partial charge >= 0.3 is 0 Å². The van der Waals surface area contributed by atoms with E-state index >= 15 is 0 Å². The second kappa shape index (κ2) is 8.32. The second-order valence-electron chi connectivity index (χ2n) is 5.34. The number of aromatic nitrogens is 1. The standard InChI is InChI=1S/C16H18BrN5O2S/c1-21-4-3-12(7-15(21)24)20-14(23)9-22(2)25-13-6-11(17)5-10(8-18)16(13)19/h3-8,18H,9,19H2,1-2H3,(H,20,23). The molecule has 9 heteroatoms. The van der Waals surface area contributed by atoms with Crippen molar-refractivity contribution in [3.63, 3.8) is 0 Å². The lowest BCUT2D eigenvalue weighted by Gasteiger charge is -2.17. The molecule has 0 radical (unpaired) electrons. The number of nitrogens with two attached hydrogens (primary N) is 1. The van der Waals surface area contributed by atoms with Gasteiger partial charge in [-0.05, 0) is 37.2 Å². The Morgan fingerprint density at radius 2 is 2.20 bits per heavy atom. The minimum Gasteiger partial charge on any atom is -0.397 e. The third-order valence-corrected chi connectivity index (χ3v) is 4.74. The van der Waals surface area contributed by atoms with Crippen LogP contribution in [0, 0.1) is 5.41 Å². The minimum absolute atomic E-state index is 0.103. The van der Waals surface area contributed by atoms with Crippen LogP contribution in [0.2, 0.25) is 0 Å². The quantitative estimate of drug-likeness (QED) is 0.375. The molecule has 1 aromatic heterocycles. The Kier molecular flexibility index (Phi) is 6.40. The molecule has 2 rings (SSSR count). The number of nitrogens with one attached hydrogen (secondary N) is 2. The van der Waals surface area contributed by atoms with Gasteiger partial charge in [-0.25, -0.2) is 4.31 Å². The maximum absolute atomic E-state index is 12.1. The normalized spacial score (nSPS) is 10.7. The molecule has 2 aromatic rings.